The topological polar surface area (TPSA) is 23.6 Å². The summed E-state index contributed by atoms with van der Waals surface area (Å²) in [6, 6.07) is 10.6. The molecule has 1 fully saturated rings. The maximum Gasteiger partial charge on any atom is 0.0242 e. The van der Waals surface area contributed by atoms with Crippen molar-refractivity contribution in [2.75, 3.05) is 32.9 Å². The molecule has 23 heavy (non-hydrogen) atoms. The molecule has 0 amide bonds. The first-order valence-electron chi connectivity index (χ1n) is 8.33. The van der Waals surface area contributed by atoms with Crippen molar-refractivity contribution in [2.45, 2.75) is 32.1 Å². The standard InChI is InChI=1S/C17H26N2OS.C2H6/c1-5-19-13-11-17(12-14-19,15-18(2)21(3,4)20)16-9-7-6-8-10-16;1-2/h5-10H,1,3,11-15H2,2,4H3;1-2H3. The number of benzene rings is 1. The molecule has 0 bridgehead atoms. The van der Waals surface area contributed by atoms with Crippen molar-refractivity contribution in [2.24, 2.45) is 0 Å². The summed E-state index contributed by atoms with van der Waals surface area (Å²) in [6.45, 7) is 10.6. The summed E-state index contributed by atoms with van der Waals surface area (Å²) in [6.07, 6.45) is 5.72. The van der Waals surface area contributed by atoms with Crippen LogP contribution in [0, 0.1) is 0 Å². The predicted octanol–water partition coefficient (Wildman–Crippen LogP) is 3.38. The van der Waals surface area contributed by atoms with Gasteiger partial charge in [0.15, 0.2) is 0 Å². The normalized spacial score (nSPS) is 19.4. The fraction of sp³-hybridized carbons (Fsp3) is 0.526. The van der Waals surface area contributed by atoms with Gasteiger partial charge in [-0.25, -0.2) is 4.31 Å². The summed E-state index contributed by atoms with van der Waals surface area (Å²) in [5.41, 5.74) is 1.38. The Labute approximate surface area is 143 Å². The molecule has 0 N–H and O–H groups in total. The average molecular weight is 337 g/mol. The third kappa shape index (κ3) is 5.11. The molecule has 0 saturated carbocycles. The van der Waals surface area contributed by atoms with E-state index in [2.05, 4.69) is 41.6 Å². The van der Waals surface area contributed by atoms with E-state index in [1.165, 1.54) is 5.56 Å². The Morgan fingerprint density at radius 1 is 1.26 bits per heavy atom. The summed E-state index contributed by atoms with van der Waals surface area (Å²) in [5.74, 6) is 3.82. The molecule has 2 rings (SSSR count). The van der Waals surface area contributed by atoms with E-state index in [4.69, 9.17) is 0 Å². The van der Waals surface area contributed by atoms with E-state index in [0.29, 0.717) is 0 Å². The fourth-order valence-electron chi connectivity index (χ4n) is 3.03. The minimum Gasteiger partial charge on any atom is -0.378 e. The second kappa shape index (κ2) is 8.55. The first-order valence-corrected chi connectivity index (χ1v) is 10.4. The van der Waals surface area contributed by atoms with Crippen molar-refractivity contribution >= 4 is 15.6 Å². The van der Waals surface area contributed by atoms with Gasteiger partial charge in [-0.2, -0.15) is 0 Å². The highest BCUT2D eigenvalue weighted by Gasteiger charge is 2.37. The highest BCUT2D eigenvalue weighted by Crippen LogP contribution is 2.36. The molecule has 1 aromatic carbocycles. The number of piperidine rings is 1. The third-order valence-electron chi connectivity index (χ3n) is 4.58. The Morgan fingerprint density at radius 3 is 2.22 bits per heavy atom. The van der Waals surface area contributed by atoms with Gasteiger partial charge in [0.1, 0.15) is 0 Å². The van der Waals surface area contributed by atoms with Gasteiger partial charge in [0.2, 0.25) is 0 Å². The van der Waals surface area contributed by atoms with Gasteiger partial charge in [-0.3, -0.25) is 4.21 Å². The van der Waals surface area contributed by atoms with Crippen molar-refractivity contribution in [3.63, 3.8) is 0 Å². The van der Waals surface area contributed by atoms with Crippen LogP contribution in [0.1, 0.15) is 32.3 Å². The highest BCUT2D eigenvalue weighted by atomic mass is 32.2. The van der Waals surface area contributed by atoms with E-state index in [-0.39, 0.29) is 5.41 Å². The van der Waals surface area contributed by atoms with Gasteiger partial charge in [0, 0.05) is 41.0 Å². The SMILES string of the molecule is C=CN1CCC(CN(C)S(=C)(C)=O)(c2ccccc2)CC1.CC. The van der Waals surface area contributed by atoms with Crippen molar-refractivity contribution in [3.05, 3.63) is 48.7 Å². The third-order valence-corrected chi connectivity index (χ3v) is 6.03. The molecular weight excluding hydrogens is 304 g/mol. The van der Waals surface area contributed by atoms with Crippen LogP contribution in [-0.4, -0.2) is 52.2 Å². The second-order valence-corrected chi connectivity index (χ2v) is 8.65. The van der Waals surface area contributed by atoms with Crippen LogP contribution in [0.25, 0.3) is 0 Å². The van der Waals surface area contributed by atoms with Crippen LogP contribution in [0.3, 0.4) is 0 Å². The lowest BCUT2D eigenvalue weighted by atomic mass is 9.72. The lowest BCUT2D eigenvalue weighted by Crippen LogP contribution is -2.48. The van der Waals surface area contributed by atoms with E-state index < -0.39 is 9.71 Å². The quantitative estimate of drug-likeness (QED) is 0.770. The Kier molecular flexibility index (Phi) is 7.36. The first-order chi connectivity index (χ1) is 10.9. The smallest absolute Gasteiger partial charge is 0.0242 e. The van der Waals surface area contributed by atoms with Crippen molar-refractivity contribution in [1.29, 1.82) is 0 Å². The molecule has 1 atom stereocenters. The Balaban J connectivity index is 0.00000127. The van der Waals surface area contributed by atoms with Gasteiger partial charge in [0.05, 0.1) is 0 Å². The number of likely N-dealkylation sites (N-methyl/N-ethyl adjacent to an activating group) is 1. The zero-order chi connectivity index (χ0) is 17.5. The van der Waals surface area contributed by atoms with Gasteiger partial charge in [0.25, 0.3) is 0 Å². The molecule has 3 nitrogen and oxygen atoms in total. The van der Waals surface area contributed by atoms with E-state index in [1.54, 1.807) is 6.26 Å². The largest absolute Gasteiger partial charge is 0.378 e. The Hall–Kier alpha value is -1.26. The van der Waals surface area contributed by atoms with Crippen LogP contribution < -0.4 is 0 Å². The molecule has 0 aromatic heterocycles. The number of rotatable bonds is 5. The van der Waals surface area contributed by atoms with Crippen LogP contribution in [0.5, 0.6) is 0 Å². The molecule has 1 aliphatic heterocycles. The fourth-order valence-corrected chi connectivity index (χ4v) is 3.55. The second-order valence-electron chi connectivity index (χ2n) is 6.11. The number of hydrogen-bond donors (Lipinski definition) is 0. The number of hydrogen-bond acceptors (Lipinski definition) is 2. The molecule has 1 heterocycles. The molecule has 1 saturated heterocycles. The summed E-state index contributed by atoms with van der Waals surface area (Å²) in [5, 5.41) is 0. The van der Waals surface area contributed by atoms with E-state index >= 15 is 0 Å². The van der Waals surface area contributed by atoms with Crippen LogP contribution in [0.15, 0.2) is 43.1 Å². The number of likely N-dealkylation sites (tertiary alicyclic amines) is 1. The summed E-state index contributed by atoms with van der Waals surface area (Å²) >= 11 is 0. The molecule has 130 valence electrons. The maximum atomic E-state index is 12.2. The van der Waals surface area contributed by atoms with Gasteiger partial charge in [-0.1, -0.05) is 50.8 Å². The predicted molar refractivity (Wildman–Crippen MR) is 104 cm³/mol. The van der Waals surface area contributed by atoms with Crippen molar-refractivity contribution < 1.29 is 4.21 Å². The van der Waals surface area contributed by atoms with Crippen LogP contribution >= 0.6 is 0 Å². The molecule has 0 aliphatic carbocycles. The average Bonchev–Trinajstić information content (AvgIpc) is 2.57. The minimum absolute atomic E-state index is 0.0475. The molecule has 1 unspecified atom stereocenters. The minimum atomic E-state index is -2.17. The zero-order valence-electron chi connectivity index (χ0n) is 15.1. The Morgan fingerprint density at radius 2 is 1.78 bits per heavy atom. The monoisotopic (exact) mass is 336 g/mol. The summed E-state index contributed by atoms with van der Waals surface area (Å²) in [7, 11) is -0.251. The van der Waals surface area contributed by atoms with Crippen LogP contribution in [0.4, 0.5) is 0 Å². The van der Waals surface area contributed by atoms with Gasteiger partial charge >= 0.3 is 0 Å². The summed E-state index contributed by atoms with van der Waals surface area (Å²) in [4.78, 5) is 2.26. The molecule has 4 heteroatoms. The highest BCUT2D eigenvalue weighted by molar-refractivity contribution is 7.97. The van der Waals surface area contributed by atoms with Crippen LogP contribution in [-0.2, 0) is 15.1 Å². The van der Waals surface area contributed by atoms with Gasteiger partial charge in [-0.05, 0) is 37.5 Å². The van der Waals surface area contributed by atoms with Crippen molar-refractivity contribution in [1.82, 2.24) is 9.21 Å². The lowest BCUT2D eigenvalue weighted by Gasteiger charge is -2.44. The van der Waals surface area contributed by atoms with Crippen LogP contribution in [0.2, 0.25) is 0 Å². The van der Waals surface area contributed by atoms with E-state index in [9.17, 15) is 4.21 Å². The van der Waals surface area contributed by atoms with Gasteiger partial charge in [-0.15, -0.1) is 0 Å². The number of nitrogens with zero attached hydrogens (tertiary/aromatic N) is 2. The van der Waals surface area contributed by atoms with Gasteiger partial charge < -0.3 is 4.90 Å². The molecule has 0 radical (unpaired) electrons. The zero-order valence-corrected chi connectivity index (χ0v) is 15.9. The maximum absolute atomic E-state index is 12.2. The molecular formula is C19H32N2OS. The lowest BCUT2D eigenvalue weighted by molar-refractivity contribution is 0.185. The molecule has 1 aromatic rings. The summed E-state index contributed by atoms with van der Waals surface area (Å²) < 4.78 is 14.2. The Bertz CT molecular complexity index is 573. The molecule has 1 aliphatic rings. The molecule has 0 spiro atoms. The van der Waals surface area contributed by atoms with E-state index in [1.807, 2.05) is 37.5 Å². The van der Waals surface area contributed by atoms with E-state index in [0.717, 1.165) is 32.5 Å². The van der Waals surface area contributed by atoms with Crippen molar-refractivity contribution in [3.8, 4) is 0 Å². The first kappa shape index (κ1) is 19.8.